The summed E-state index contributed by atoms with van der Waals surface area (Å²) in [6.45, 7) is -0.209. The number of ether oxygens (including phenoxy) is 1. The van der Waals surface area contributed by atoms with Crippen LogP contribution in [0.1, 0.15) is 62.6 Å². The summed E-state index contributed by atoms with van der Waals surface area (Å²) in [7, 11) is 0. The second-order valence-corrected chi connectivity index (χ2v) is 12.7. The zero-order valence-corrected chi connectivity index (χ0v) is 26.0. The van der Waals surface area contributed by atoms with Gasteiger partial charge in [0.25, 0.3) is 0 Å². The lowest BCUT2D eigenvalue weighted by molar-refractivity contribution is -0.143. The van der Waals surface area contributed by atoms with Crippen molar-refractivity contribution < 1.29 is 29.6 Å². The van der Waals surface area contributed by atoms with Gasteiger partial charge in [0.15, 0.2) is 0 Å². The maximum atomic E-state index is 14.0. The Labute approximate surface area is 270 Å². The van der Waals surface area contributed by atoms with Crippen molar-refractivity contribution in [1.29, 1.82) is 0 Å². The highest BCUT2D eigenvalue weighted by molar-refractivity contribution is 6.06. The number of aliphatic hydroxyl groups excluding tert-OH is 2. The number of phenolic OH excluding ortho intramolecular Hbond substituents is 1. The summed E-state index contributed by atoms with van der Waals surface area (Å²) in [4.78, 5) is 33.9. The van der Waals surface area contributed by atoms with E-state index < -0.39 is 23.9 Å². The van der Waals surface area contributed by atoms with Crippen molar-refractivity contribution >= 4 is 23.5 Å². The van der Waals surface area contributed by atoms with Gasteiger partial charge >= 0.3 is 0 Å². The zero-order valence-electron chi connectivity index (χ0n) is 26.0. The monoisotopic (exact) mass is 622 g/mol. The molecule has 1 saturated carbocycles. The summed E-state index contributed by atoms with van der Waals surface area (Å²) in [6, 6.07) is 21.9. The van der Waals surface area contributed by atoms with Crippen molar-refractivity contribution in [1.82, 2.24) is 9.88 Å². The van der Waals surface area contributed by atoms with Crippen LogP contribution in [-0.4, -0.2) is 62.4 Å². The lowest BCUT2D eigenvalue weighted by Crippen LogP contribution is -2.42. The molecule has 0 unspecified atom stereocenters. The third-order valence-corrected chi connectivity index (χ3v) is 9.76. The highest BCUT2D eigenvalue weighted by Gasteiger charge is 2.56. The number of allylic oxidation sites excluding steroid dienone is 1. The van der Waals surface area contributed by atoms with E-state index in [1.807, 2.05) is 60.7 Å². The fourth-order valence-corrected chi connectivity index (χ4v) is 7.59. The molecule has 0 radical (unpaired) electrons. The summed E-state index contributed by atoms with van der Waals surface area (Å²) >= 11 is 0. The molecule has 0 bridgehead atoms. The Morgan fingerprint density at radius 3 is 2.48 bits per heavy atom. The minimum atomic E-state index is -0.990. The number of nitrogens with zero attached hydrogens (tertiary/aromatic N) is 2. The number of para-hydroxylation sites is 1. The number of carbonyl (C=O) groups excluding carboxylic acids is 2. The average Bonchev–Trinajstić information content (AvgIpc) is 3.34. The number of amides is 2. The van der Waals surface area contributed by atoms with Gasteiger partial charge in [0.2, 0.25) is 11.8 Å². The number of rotatable bonds is 11. The Bertz CT molecular complexity index is 1580. The van der Waals surface area contributed by atoms with Crippen molar-refractivity contribution in [3.05, 3.63) is 101 Å². The second kappa shape index (κ2) is 14.4. The van der Waals surface area contributed by atoms with Gasteiger partial charge in [-0.3, -0.25) is 19.5 Å². The highest BCUT2D eigenvalue weighted by Crippen LogP contribution is 2.48. The van der Waals surface area contributed by atoms with Crippen LogP contribution in [0.3, 0.4) is 0 Å². The molecule has 4 atom stereocenters. The van der Waals surface area contributed by atoms with Crippen molar-refractivity contribution in [2.45, 2.75) is 63.5 Å². The molecule has 3 aliphatic rings. The van der Waals surface area contributed by atoms with Crippen LogP contribution in [0.2, 0.25) is 0 Å². The van der Waals surface area contributed by atoms with E-state index in [1.54, 1.807) is 24.4 Å². The SMILES string of the molecule is O=C1[C@@H]2[C@@H](CC(COc3ccccc3)=C([C@H](O)CC/C(=C/c3cccc(O)c3)c3ccccn3)[C@@H]2CO)C(=O)N1C1CCCCC1. The van der Waals surface area contributed by atoms with Crippen LogP contribution in [0.4, 0.5) is 0 Å². The molecular formula is C38H42N2O6. The van der Waals surface area contributed by atoms with E-state index >= 15 is 0 Å². The van der Waals surface area contributed by atoms with Gasteiger partial charge in [-0.05, 0) is 96.9 Å². The first-order valence-corrected chi connectivity index (χ1v) is 16.4. The Balaban J connectivity index is 1.31. The lowest BCUT2D eigenvalue weighted by atomic mass is 9.68. The normalized spacial score (nSPS) is 23.0. The van der Waals surface area contributed by atoms with Crippen molar-refractivity contribution in [2.24, 2.45) is 17.8 Å². The Morgan fingerprint density at radius 2 is 1.76 bits per heavy atom. The summed E-state index contributed by atoms with van der Waals surface area (Å²) in [5, 5.41) is 32.8. The van der Waals surface area contributed by atoms with Gasteiger partial charge in [-0.25, -0.2) is 0 Å². The molecule has 6 rings (SSSR count). The van der Waals surface area contributed by atoms with Crippen LogP contribution >= 0.6 is 0 Å². The van der Waals surface area contributed by atoms with Crippen LogP contribution in [0.5, 0.6) is 11.5 Å². The molecule has 8 heteroatoms. The number of hydrogen-bond acceptors (Lipinski definition) is 7. The Morgan fingerprint density at radius 1 is 0.978 bits per heavy atom. The summed E-state index contributed by atoms with van der Waals surface area (Å²) in [6.07, 6.45) is 8.45. The molecule has 2 aromatic carbocycles. The number of carbonyl (C=O) groups is 2. The molecule has 240 valence electrons. The standard InChI is InChI=1S/C38H42N2O6/c41-23-32-35(34(43)18-17-26(33-16-7-8-19-39-33)20-25-10-9-13-29(42)21-25)27(24-46-30-14-5-2-6-15-30)22-31-36(32)38(45)40(37(31)44)28-11-3-1-4-12-28/h2,5-10,13-16,19-21,28,31-32,34,36,41-43H,1,3-4,11-12,17-18,22-24H2/b26-20-/t31-,32+,34-,36-/m1/s1. The van der Waals surface area contributed by atoms with E-state index in [9.17, 15) is 24.9 Å². The minimum Gasteiger partial charge on any atom is -0.508 e. The van der Waals surface area contributed by atoms with Gasteiger partial charge in [0.1, 0.15) is 18.1 Å². The number of hydrogen-bond donors (Lipinski definition) is 3. The van der Waals surface area contributed by atoms with Gasteiger partial charge in [-0.1, -0.05) is 55.7 Å². The molecule has 2 heterocycles. The fourth-order valence-electron chi connectivity index (χ4n) is 7.59. The van der Waals surface area contributed by atoms with Gasteiger partial charge in [-0.15, -0.1) is 0 Å². The zero-order chi connectivity index (χ0) is 32.0. The highest BCUT2D eigenvalue weighted by atomic mass is 16.5. The number of benzene rings is 2. The van der Waals surface area contributed by atoms with Crippen LogP contribution in [0.15, 0.2) is 90.1 Å². The van der Waals surface area contributed by atoms with Gasteiger partial charge in [0, 0.05) is 18.2 Å². The van der Waals surface area contributed by atoms with E-state index in [0.717, 1.165) is 54.5 Å². The van der Waals surface area contributed by atoms with E-state index in [1.165, 1.54) is 4.90 Å². The number of aliphatic hydroxyl groups is 2. The second-order valence-electron chi connectivity index (χ2n) is 12.7. The number of pyridine rings is 1. The van der Waals surface area contributed by atoms with E-state index in [4.69, 9.17) is 4.74 Å². The van der Waals surface area contributed by atoms with Crippen LogP contribution in [-0.2, 0) is 9.59 Å². The fraction of sp³-hybridized carbons (Fsp3) is 0.395. The van der Waals surface area contributed by atoms with Crippen molar-refractivity contribution in [3.8, 4) is 11.5 Å². The quantitative estimate of drug-likeness (QED) is 0.183. The Hall–Kier alpha value is -4.27. The smallest absolute Gasteiger partial charge is 0.234 e. The molecular weight excluding hydrogens is 580 g/mol. The largest absolute Gasteiger partial charge is 0.508 e. The molecule has 1 aliphatic heterocycles. The topological polar surface area (TPSA) is 120 Å². The summed E-state index contributed by atoms with van der Waals surface area (Å²) < 4.78 is 6.15. The molecule has 2 amide bonds. The lowest BCUT2D eigenvalue weighted by Gasteiger charge is -2.36. The van der Waals surface area contributed by atoms with E-state index in [-0.39, 0.29) is 36.8 Å². The molecule has 3 N–H and O–H groups in total. The van der Waals surface area contributed by atoms with Crippen LogP contribution in [0, 0.1) is 17.8 Å². The van der Waals surface area contributed by atoms with Crippen LogP contribution in [0.25, 0.3) is 11.6 Å². The van der Waals surface area contributed by atoms with E-state index in [2.05, 4.69) is 4.98 Å². The summed E-state index contributed by atoms with van der Waals surface area (Å²) in [5.41, 5.74) is 3.79. The predicted molar refractivity (Wildman–Crippen MR) is 175 cm³/mol. The third-order valence-electron chi connectivity index (χ3n) is 9.76. The van der Waals surface area contributed by atoms with Crippen molar-refractivity contribution in [2.75, 3.05) is 13.2 Å². The molecule has 2 aliphatic carbocycles. The molecule has 1 saturated heterocycles. The third kappa shape index (κ3) is 6.78. The molecule has 3 aromatic rings. The molecule has 2 fully saturated rings. The minimum absolute atomic E-state index is 0.0976. The first kappa shape index (κ1) is 31.7. The summed E-state index contributed by atoms with van der Waals surface area (Å²) in [5.74, 6) is -1.53. The Kier molecular flexibility index (Phi) is 9.95. The number of aromatic hydroxyl groups is 1. The number of aromatic nitrogens is 1. The first-order valence-electron chi connectivity index (χ1n) is 16.4. The van der Waals surface area contributed by atoms with Gasteiger partial charge < -0.3 is 20.1 Å². The maximum absolute atomic E-state index is 14.0. The molecule has 46 heavy (non-hydrogen) atoms. The number of likely N-dealkylation sites (tertiary alicyclic amines) is 1. The van der Waals surface area contributed by atoms with Gasteiger partial charge in [-0.2, -0.15) is 0 Å². The average molecular weight is 623 g/mol. The van der Waals surface area contributed by atoms with E-state index in [0.29, 0.717) is 30.6 Å². The number of fused-ring (bicyclic) bond motifs is 1. The van der Waals surface area contributed by atoms with Crippen molar-refractivity contribution in [3.63, 3.8) is 0 Å². The van der Waals surface area contributed by atoms with Crippen LogP contribution < -0.4 is 4.74 Å². The number of imide groups is 1. The van der Waals surface area contributed by atoms with Gasteiger partial charge in [0.05, 0.1) is 30.2 Å². The number of phenols is 1. The first-order chi connectivity index (χ1) is 22.4. The molecule has 1 aromatic heterocycles. The maximum Gasteiger partial charge on any atom is 0.234 e. The molecule has 0 spiro atoms. The predicted octanol–water partition coefficient (Wildman–Crippen LogP) is 5.79. The molecule has 8 nitrogen and oxygen atoms in total.